The van der Waals surface area contributed by atoms with Crippen molar-refractivity contribution in [2.24, 2.45) is 16.8 Å². The molecule has 2 aliphatic rings. The Hall–Kier alpha value is -3.51. The van der Waals surface area contributed by atoms with Crippen LogP contribution in [0.2, 0.25) is 0 Å². The smallest absolute Gasteiger partial charge is 0.269 e. The van der Waals surface area contributed by atoms with E-state index >= 15 is 0 Å². The van der Waals surface area contributed by atoms with E-state index in [0.717, 1.165) is 36.1 Å². The van der Waals surface area contributed by atoms with Gasteiger partial charge in [0.2, 0.25) is 0 Å². The number of ketones is 1. The van der Waals surface area contributed by atoms with Gasteiger partial charge in [0.15, 0.2) is 17.3 Å². The second-order valence-corrected chi connectivity index (χ2v) is 11.2. The van der Waals surface area contributed by atoms with E-state index in [0.29, 0.717) is 33.7 Å². The van der Waals surface area contributed by atoms with Gasteiger partial charge in [-0.15, -0.1) is 0 Å². The number of nitro benzene ring substituents is 1. The number of carbonyl (C=O) groups excluding carboxylic acids is 1. The summed E-state index contributed by atoms with van der Waals surface area (Å²) in [5, 5.41) is 21.1. The van der Waals surface area contributed by atoms with Crippen LogP contribution in [0.5, 0.6) is 11.5 Å². The molecule has 1 aliphatic heterocycles. The number of hydrogen-bond acceptors (Lipinski definition) is 7. The number of carbonyl (C=O) groups is 1. The number of non-ortho nitro benzene ring substituents is 1. The summed E-state index contributed by atoms with van der Waals surface area (Å²) in [5.74, 6) is 0.291. The number of nitriles is 1. The van der Waals surface area contributed by atoms with Gasteiger partial charge in [0.1, 0.15) is 6.61 Å². The van der Waals surface area contributed by atoms with Crippen molar-refractivity contribution >= 4 is 33.1 Å². The van der Waals surface area contributed by atoms with Gasteiger partial charge in [-0.2, -0.15) is 5.26 Å². The fraction of sp³-hybridized carbons (Fsp3) is 0.433. The predicted molar refractivity (Wildman–Crippen MR) is 152 cm³/mol. The standard InChI is InChI=1S/C30H32BrN3O5/c1-5-6-20-11-25-29(26(35)12-20)28(23(15-32)18(4)33-25)21-13-24(31)30(27(14-21)39-17(2)3)38-16-19-7-9-22(10-8-19)34(36)37/h7-10,13-14,17,20,23,28H,5-6,11-12,16H2,1-4H3. The van der Waals surface area contributed by atoms with Crippen molar-refractivity contribution in [2.45, 2.75) is 72.0 Å². The third kappa shape index (κ3) is 6.22. The number of benzene rings is 2. The average molecular weight is 595 g/mol. The van der Waals surface area contributed by atoms with E-state index in [1.165, 1.54) is 12.1 Å². The van der Waals surface area contributed by atoms with E-state index in [-0.39, 0.29) is 30.1 Å². The topological polar surface area (TPSA) is 115 Å². The minimum absolute atomic E-state index is 0.0124. The summed E-state index contributed by atoms with van der Waals surface area (Å²) in [6.45, 7) is 7.98. The molecule has 8 nitrogen and oxygen atoms in total. The van der Waals surface area contributed by atoms with Crippen LogP contribution in [0.1, 0.15) is 70.4 Å². The Labute approximate surface area is 237 Å². The molecule has 0 fully saturated rings. The van der Waals surface area contributed by atoms with Crippen LogP contribution in [0.25, 0.3) is 0 Å². The van der Waals surface area contributed by atoms with Gasteiger partial charge in [0.25, 0.3) is 5.69 Å². The number of nitro groups is 1. The van der Waals surface area contributed by atoms with E-state index in [1.54, 1.807) is 12.1 Å². The normalized spacial score (nSPS) is 20.8. The largest absolute Gasteiger partial charge is 0.487 e. The van der Waals surface area contributed by atoms with Crippen molar-refractivity contribution in [1.82, 2.24) is 0 Å². The minimum Gasteiger partial charge on any atom is -0.487 e. The number of ether oxygens (including phenoxy) is 2. The molecule has 3 unspecified atom stereocenters. The highest BCUT2D eigenvalue weighted by molar-refractivity contribution is 9.10. The summed E-state index contributed by atoms with van der Waals surface area (Å²) in [6.07, 6.45) is 3.05. The summed E-state index contributed by atoms with van der Waals surface area (Å²) in [6, 6.07) is 12.3. The van der Waals surface area contributed by atoms with Gasteiger partial charge in [0.05, 0.1) is 27.5 Å². The first-order valence-corrected chi connectivity index (χ1v) is 14.0. The van der Waals surface area contributed by atoms with Gasteiger partial charge in [-0.05, 0) is 90.9 Å². The maximum atomic E-state index is 13.5. The molecule has 1 aliphatic carbocycles. The third-order valence-corrected chi connectivity index (χ3v) is 7.68. The molecular weight excluding hydrogens is 562 g/mol. The molecule has 0 aromatic heterocycles. The Bertz CT molecular complexity index is 1370. The SMILES string of the molecule is CCCC1CC(=O)C2=C(C1)N=C(C)C(C#N)C2c1cc(Br)c(OCc2ccc([N+](=O)[O-])cc2)c(OC(C)C)c1. The summed E-state index contributed by atoms with van der Waals surface area (Å²) >= 11 is 3.64. The van der Waals surface area contributed by atoms with E-state index in [2.05, 4.69) is 28.9 Å². The molecule has 0 saturated heterocycles. The first-order chi connectivity index (χ1) is 18.6. The van der Waals surface area contributed by atoms with Crippen molar-refractivity contribution in [3.63, 3.8) is 0 Å². The van der Waals surface area contributed by atoms with Crippen LogP contribution in [0.3, 0.4) is 0 Å². The Balaban J connectivity index is 1.72. The zero-order valence-corrected chi connectivity index (χ0v) is 24.2. The molecule has 9 heteroatoms. The maximum Gasteiger partial charge on any atom is 0.269 e. The molecule has 204 valence electrons. The van der Waals surface area contributed by atoms with Crippen molar-refractivity contribution in [3.8, 4) is 17.6 Å². The van der Waals surface area contributed by atoms with Crippen LogP contribution in [-0.2, 0) is 11.4 Å². The first kappa shape index (κ1) is 28.5. The fourth-order valence-electron chi connectivity index (χ4n) is 5.40. The molecule has 2 aromatic carbocycles. The van der Waals surface area contributed by atoms with Crippen LogP contribution in [0.4, 0.5) is 5.69 Å². The minimum atomic E-state index is -0.568. The molecule has 4 rings (SSSR count). The molecule has 0 bridgehead atoms. The number of rotatable bonds is 9. The van der Waals surface area contributed by atoms with Gasteiger partial charge in [-0.25, -0.2) is 0 Å². The summed E-state index contributed by atoms with van der Waals surface area (Å²) in [7, 11) is 0. The summed E-state index contributed by atoms with van der Waals surface area (Å²) in [5.41, 5.74) is 3.72. The Morgan fingerprint density at radius 1 is 1.23 bits per heavy atom. The number of aliphatic imine (C=N–C) groups is 1. The lowest BCUT2D eigenvalue weighted by Crippen LogP contribution is -2.32. The first-order valence-electron chi connectivity index (χ1n) is 13.2. The number of hydrogen-bond donors (Lipinski definition) is 0. The van der Waals surface area contributed by atoms with Crippen molar-refractivity contribution in [1.29, 1.82) is 5.26 Å². The van der Waals surface area contributed by atoms with Gasteiger partial charge in [-0.1, -0.05) is 13.3 Å². The predicted octanol–water partition coefficient (Wildman–Crippen LogP) is 7.45. The molecule has 3 atom stereocenters. The maximum absolute atomic E-state index is 13.5. The second kappa shape index (κ2) is 12.1. The van der Waals surface area contributed by atoms with Gasteiger partial charge >= 0.3 is 0 Å². The highest BCUT2D eigenvalue weighted by atomic mass is 79.9. The number of halogens is 1. The Kier molecular flexibility index (Phi) is 8.86. The Morgan fingerprint density at radius 2 is 1.95 bits per heavy atom. The quantitative estimate of drug-likeness (QED) is 0.220. The van der Waals surface area contributed by atoms with E-state index < -0.39 is 16.8 Å². The van der Waals surface area contributed by atoms with Crippen molar-refractivity contribution in [3.05, 3.63) is 73.4 Å². The molecular formula is C30H32BrN3O5. The van der Waals surface area contributed by atoms with E-state index in [4.69, 9.17) is 14.5 Å². The van der Waals surface area contributed by atoms with Crippen molar-refractivity contribution < 1.29 is 19.2 Å². The molecule has 0 saturated carbocycles. The molecule has 2 aromatic rings. The van der Waals surface area contributed by atoms with E-state index in [9.17, 15) is 20.2 Å². The third-order valence-electron chi connectivity index (χ3n) is 7.09. The van der Waals surface area contributed by atoms with Crippen LogP contribution in [-0.4, -0.2) is 22.5 Å². The zero-order chi connectivity index (χ0) is 28.3. The zero-order valence-electron chi connectivity index (χ0n) is 22.6. The lowest BCUT2D eigenvalue weighted by Gasteiger charge is -2.35. The van der Waals surface area contributed by atoms with Gasteiger partial charge < -0.3 is 9.47 Å². The summed E-state index contributed by atoms with van der Waals surface area (Å²) < 4.78 is 12.9. The van der Waals surface area contributed by atoms with Gasteiger partial charge in [0, 0.05) is 41.5 Å². The van der Waals surface area contributed by atoms with E-state index in [1.807, 2.05) is 32.9 Å². The fourth-order valence-corrected chi connectivity index (χ4v) is 5.97. The second-order valence-electron chi connectivity index (χ2n) is 10.4. The highest BCUT2D eigenvalue weighted by Gasteiger charge is 2.41. The lowest BCUT2D eigenvalue weighted by atomic mass is 9.70. The number of Topliss-reactive ketones (excluding diaryl/α,β-unsaturated/α-hetero) is 1. The monoisotopic (exact) mass is 593 g/mol. The molecule has 0 N–H and O–H groups in total. The van der Waals surface area contributed by atoms with Crippen LogP contribution >= 0.6 is 15.9 Å². The van der Waals surface area contributed by atoms with Crippen molar-refractivity contribution in [2.75, 3.05) is 0 Å². The van der Waals surface area contributed by atoms with Crippen LogP contribution in [0.15, 0.2) is 57.1 Å². The number of nitrogens with zero attached hydrogens (tertiary/aromatic N) is 3. The average Bonchev–Trinajstić information content (AvgIpc) is 2.87. The molecule has 0 amide bonds. The molecule has 39 heavy (non-hydrogen) atoms. The Morgan fingerprint density at radius 3 is 2.56 bits per heavy atom. The van der Waals surface area contributed by atoms with Crippen LogP contribution in [0, 0.1) is 33.3 Å². The molecule has 1 heterocycles. The summed E-state index contributed by atoms with van der Waals surface area (Å²) in [4.78, 5) is 28.7. The molecule has 0 radical (unpaired) electrons. The van der Waals surface area contributed by atoms with Gasteiger partial charge in [-0.3, -0.25) is 19.9 Å². The lowest BCUT2D eigenvalue weighted by molar-refractivity contribution is -0.384. The highest BCUT2D eigenvalue weighted by Crippen LogP contribution is 2.48. The number of allylic oxidation sites excluding steroid dienone is 2. The molecule has 0 spiro atoms. The van der Waals surface area contributed by atoms with Crippen LogP contribution < -0.4 is 9.47 Å².